The Morgan fingerprint density at radius 3 is 1.49 bits per heavy atom. The van der Waals surface area contributed by atoms with E-state index < -0.39 is 0 Å². The third kappa shape index (κ3) is 6.99. The fraction of sp³-hybridized carbons (Fsp3) is 0. The van der Waals surface area contributed by atoms with E-state index in [0.717, 1.165) is 99.8 Å². The molecule has 4 heterocycles. The van der Waals surface area contributed by atoms with Crippen LogP contribution in [0.1, 0.15) is 0 Å². The number of rotatable bonds is 8. The third-order valence-corrected chi connectivity index (χ3v) is 14.8. The van der Waals surface area contributed by atoms with E-state index in [9.17, 15) is 0 Å². The SMILES string of the molecule is c1ccc(-c2ccc(-c3nc(-c4ccc5c(c4)oc4ccccc45)nc(-c4ccccc4-n4c5cc(-c6ccccc6)ccc5c5c(-c6cccc7c6c6ccccc6n7-c6ccccc6)cccc54)n3)cc2)cc1. The molecule has 0 saturated carbocycles. The number of hydrogen-bond donors (Lipinski definition) is 0. The Labute approximate surface area is 431 Å². The molecule has 0 unspecified atom stereocenters. The highest BCUT2D eigenvalue weighted by molar-refractivity contribution is 6.22. The molecule has 0 aliphatic carbocycles. The third-order valence-electron chi connectivity index (χ3n) is 14.8. The molecule has 6 heteroatoms. The average Bonchev–Trinajstić information content (AvgIpc) is 4.16. The summed E-state index contributed by atoms with van der Waals surface area (Å²) in [4.78, 5) is 16.0. The lowest BCUT2D eigenvalue weighted by Gasteiger charge is -2.15. The molecule has 0 spiro atoms. The van der Waals surface area contributed by atoms with E-state index in [1.165, 1.54) is 27.2 Å². The van der Waals surface area contributed by atoms with E-state index in [1.54, 1.807) is 0 Å². The van der Waals surface area contributed by atoms with Crippen molar-refractivity contribution in [3.05, 3.63) is 261 Å². The maximum Gasteiger partial charge on any atom is 0.166 e. The summed E-state index contributed by atoms with van der Waals surface area (Å²) < 4.78 is 11.2. The minimum Gasteiger partial charge on any atom is -0.456 e. The minimum absolute atomic E-state index is 0.554. The quantitative estimate of drug-likeness (QED) is 0.152. The summed E-state index contributed by atoms with van der Waals surface area (Å²) in [6, 6.07) is 92.4. The van der Waals surface area contributed by atoms with E-state index in [1.807, 2.05) is 24.3 Å². The van der Waals surface area contributed by atoms with Gasteiger partial charge in [0, 0.05) is 54.7 Å². The van der Waals surface area contributed by atoms with Crippen LogP contribution >= 0.6 is 0 Å². The first-order chi connectivity index (χ1) is 37.2. The highest BCUT2D eigenvalue weighted by atomic mass is 16.3. The highest BCUT2D eigenvalue weighted by Gasteiger charge is 2.24. The van der Waals surface area contributed by atoms with Crippen molar-refractivity contribution in [3.63, 3.8) is 0 Å². The molecule has 11 aromatic carbocycles. The van der Waals surface area contributed by atoms with E-state index in [-0.39, 0.29) is 0 Å². The van der Waals surface area contributed by atoms with Crippen molar-refractivity contribution < 1.29 is 4.42 Å². The molecule has 0 aliphatic rings. The summed E-state index contributed by atoms with van der Waals surface area (Å²) >= 11 is 0. The predicted octanol–water partition coefficient (Wildman–Crippen LogP) is 18.0. The van der Waals surface area contributed by atoms with Crippen molar-refractivity contribution in [2.75, 3.05) is 0 Å². The van der Waals surface area contributed by atoms with Gasteiger partial charge in [-0.25, -0.2) is 15.0 Å². The molecule has 350 valence electrons. The van der Waals surface area contributed by atoms with Crippen LogP contribution in [0.4, 0.5) is 0 Å². The Bertz CT molecular complexity index is 4690. The van der Waals surface area contributed by atoms with E-state index in [0.29, 0.717) is 17.5 Å². The van der Waals surface area contributed by atoms with Gasteiger partial charge in [0.2, 0.25) is 0 Å². The molecule has 0 fully saturated rings. The highest BCUT2D eigenvalue weighted by Crippen LogP contribution is 2.46. The zero-order valence-electron chi connectivity index (χ0n) is 40.5. The molecule has 0 aliphatic heterocycles. The summed E-state index contributed by atoms with van der Waals surface area (Å²) in [5.74, 6) is 1.69. The number of fused-ring (bicyclic) bond motifs is 9. The van der Waals surface area contributed by atoms with Gasteiger partial charge in [-0.2, -0.15) is 0 Å². The van der Waals surface area contributed by atoms with Gasteiger partial charge in [-0.3, -0.25) is 0 Å². The Hall–Kier alpha value is -10.2. The Balaban J connectivity index is 0.975. The lowest BCUT2D eigenvalue weighted by molar-refractivity contribution is 0.669. The van der Waals surface area contributed by atoms with Gasteiger partial charge in [0.05, 0.1) is 27.8 Å². The van der Waals surface area contributed by atoms with E-state index in [2.05, 4.69) is 246 Å². The molecule has 0 N–H and O–H groups in total. The molecular formula is C69H43N5O. The van der Waals surface area contributed by atoms with Gasteiger partial charge in [0.15, 0.2) is 17.5 Å². The second-order valence-electron chi connectivity index (χ2n) is 19.1. The molecule has 4 aromatic heterocycles. The second-order valence-corrected chi connectivity index (χ2v) is 19.1. The van der Waals surface area contributed by atoms with Crippen LogP contribution in [-0.4, -0.2) is 24.1 Å². The van der Waals surface area contributed by atoms with Gasteiger partial charge >= 0.3 is 0 Å². The van der Waals surface area contributed by atoms with Gasteiger partial charge < -0.3 is 13.6 Å². The fourth-order valence-corrected chi connectivity index (χ4v) is 11.4. The number of para-hydroxylation sites is 4. The molecule has 0 amide bonds. The summed E-state index contributed by atoms with van der Waals surface area (Å²) in [5.41, 5.74) is 17.7. The smallest absolute Gasteiger partial charge is 0.166 e. The van der Waals surface area contributed by atoms with Crippen molar-refractivity contribution in [1.29, 1.82) is 0 Å². The molecule has 0 bridgehead atoms. The van der Waals surface area contributed by atoms with Crippen LogP contribution in [0.15, 0.2) is 265 Å². The first-order valence-electron chi connectivity index (χ1n) is 25.3. The van der Waals surface area contributed by atoms with Crippen LogP contribution in [0, 0.1) is 0 Å². The number of hydrogen-bond acceptors (Lipinski definition) is 4. The lowest BCUT2D eigenvalue weighted by atomic mass is 9.95. The maximum absolute atomic E-state index is 6.42. The fourth-order valence-electron chi connectivity index (χ4n) is 11.4. The van der Waals surface area contributed by atoms with Gasteiger partial charge in [-0.05, 0) is 100 Å². The van der Waals surface area contributed by atoms with Gasteiger partial charge in [-0.1, -0.05) is 194 Å². The zero-order chi connectivity index (χ0) is 49.4. The maximum atomic E-state index is 6.42. The van der Waals surface area contributed by atoms with Crippen LogP contribution in [0.3, 0.4) is 0 Å². The van der Waals surface area contributed by atoms with Crippen molar-refractivity contribution in [3.8, 4) is 78.9 Å². The van der Waals surface area contributed by atoms with Gasteiger partial charge in [0.1, 0.15) is 11.2 Å². The zero-order valence-corrected chi connectivity index (χ0v) is 40.5. The Kier molecular flexibility index (Phi) is 9.78. The average molecular weight is 958 g/mol. The van der Waals surface area contributed by atoms with Crippen LogP contribution in [0.5, 0.6) is 0 Å². The molecular weight excluding hydrogens is 915 g/mol. The molecule has 0 atom stereocenters. The summed E-state index contributed by atoms with van der Waals surface area (Å²) in [7, 11) is 0. The van der Waals surface area contributed by atoms with E-state index in [4.69, 9.17) is 19.4 Å². The molecule has 15 rings (SSSR count). The summed E-state index contributed by atoms with van der Waals surface area (Å²) in [6.07, 6.45) is 0. The first kappa shape index (κ1) is 42.5. The van der Waals surface area contributed by atoms with Crippen molar-refractivity contribution in [2.45, 2.75) is 0 Å². The predicted molar refractivity (Wildman–Crippen MR) is 308 cm³/mol. The normalized spacial score (nSPS) is 11.7. The van der Waals surface area contributed by atoms with Crippen LogP contribution < -0.4 is 0 Å². The van der Waals surface area contributed by atoms with Crippen LogP contribution in [-0.2, 0) is 0 Å². The van der Waals surface area contributed by atoms with Crippen molar-refractivity contribution in [1.82, 2.24) is 24.1 Å². The van der Waals surface area contributed by atoms with Gasteiger partial charge in [-0.15, -0.1) is 0 Å². The van der Waals surface area contributed by atoms with E-state index >= 15 is 0 Å². The van der Waals surface area contributed by atoms with Crippen LogP contribution in [0.2, 0.25) is 0 Å². The topological polar surface area (TPSA) is 61.7 Å². The van der Waals surface area contributed by atoms with Crippen molar-refractivity contribution >= 4 is 65.6 Å². The molecule has 6 nitrogen and oxygen atoms in total. The number of aromatic nitrogens is 5. The Morgan fingerprint density at radius 1 is 0.267 bits per heavy atom. The number of nitrogens with zero attached hydrogens (tertiary/aromatic N) is 5. The minimum atomic E-state index is 0.554. The lowest BCUT2D eigenvalue weighted by Crippen LogP contribution is -2.03. The van der Waals surface area contributed by atoms with Crippen LogP contribution in [0.25, 0.3) is 144 Å². The first-order valence-corrected chi connectivity index (χ1v) is 25.3. The monoisotopic (exact) mass is 957 g/mol. The molecule has 15 aromatic rings. The second kappa shape index (κ2) is 17.3. The Morgan fingerprint density at radius 2 is 0.747 bits per heavy atom. The van der Waals surface area contributed by atoms with Crippen molar-refractivity contribution in [2.24, 2.45) is 0 Å². The molecule has 0 saturated heterocycles. The standard InChI is InChI=1S/C69H43N5O/c1-4-18-44(19-5-1)46-34-36-47(37-35-46)67-70-68(49-39-40-52-51-24-12-15-33-63(51)75-64(52)43-49)72-69(71-67)57-26-11-14-30-59(57)74-61-32-17-28-54(66(61)56-41-38-48(42-62(56)74)45-20-6-2-7-21-45)53-27-16-31-60-65(53)55-25-10-13-29-58(55)73(60)50-22-8-3-9-23-50/h1-43H. The molecule has 0 radical (unpaired) electrons. The summed E-state index contributed by atoms with van der Waals surface area (Å²) in [5, 5.41) is 6.86. The van der Waals surface area contributed by atoms with Gasteiger partial charge in [0.25, 0.3) is 0 Å². The number of benzene rings is 11. The largest absolute Gasteiger partial charge is 0.456 e. The molecule has 75 heavy (non-hydrogen) atoms. The summed E-state index contributed by atoms with van der Waals surface area (Å²) in [6.45, 7) is 0. The number of furan rings is 1.